The van der Waals surface area contributed by atoms with Gasteiger partial charge in [-0.05, 0) is 30.6 Å². The molecule has 2 rings (SSSR count). The van der Waals surface area contributed by atoms with E-state index in [1.54, 1.807) is 0 Å². The fourth-order valence-electron chi connectivity index (χ4n) is 3.68. The Morgan fingerprint density at radius 1 is 1.17 bits per heavy atom. The minimum atomic E-state index is -0.632. The Morgan fingerprint density at radius 2 is 1.72 bits per heavy atom. The SMILES string of the molecule is CC(C)CC(C(=O)O)N1CC2(CCCCCC2)C1. The van der Waals surface area contributed by atoms with E-state index in [0.29, 0.717) is 11.3 Å². The van der Waals surface area contributed by atoms with Crippen molar-refractivity contribution in [1.82, 2.24) is 4.90 Å². The predicted molar refractivity (Wildman–Crippen MR) is 72.6 cm³/mol. The predicted octanol–water partition coefficient (Wildman–Crippen LogP) is 3.14. The second kappa shape index (κ2) is 5.60. The van der Waals surface area contributed by atoms with Crippen molar-refractivity contribution in [2.75, 3.05) is 13.1 Å². The number of rotatable bonds is 4. The Morgan fingerprint density at radius 3 is 2.17 bits per heavy atom. The van der Waals surface area contributed by atoms with Crippen LogP contribution in [0, 0.1) is 11.3 Å². The molecule has 3 heteroatoms. The first-order valence-corrected chi connectivity index (χ1v) is 7.49. The van der Waals surface area contributed by atoms with Gasteiger partial charge in [-0.2, -0.15) is 0 Å². The topological polar surface area (TPSA) is 40.5 Å². The van der Waals surface area contributed by atoms with Crippen molar-refractivity contribution in [3.8, 4) is 0 Å². The van der Waals surface area contributed by atoms with Crippen LogP contribution in [0.4, 0.5) is 0 Å². The summed E-state index contributed by atoms with van der Waals surface area (Å²) in [5.41, 5.74) is 0.473. The van der Waals surface area contributed by atoms with Crippen LogP contribution in [0.3, 0.4) is 0 Å². The lowest BCUT2D eigenvalue weighted by molar-refractivity contribution is -0.151. The molecule has 1 atom stereocenters. The van der Waals surface area contributed by atoms with E-state index in [2.05, 4.69) is 18.7 Å². The largest absolute Gasteiger partial charge is 0.480 e. The van der Waals surface area contributed by atoms with Gasteiger partial charge in [0, 0.05) is 13.1 Å². The van der Waals surface area contributed by atoms with Crippen LogP contribution in [0.2, 0.25) is 0 Å². The number of nitrogens with zero attached hydrogens (tertiary/aromatic N) is 1. The summed E-state index contributed by atoms with van der Waals surface area (Å²) in [5.74, 6) is -0.177. The molecule has 1 saturated carbocycles. The summed E-state index contributed by atoms with van der Waals surface area (Å²) in [6, 6.07) is -0.251. The molecule has 104 valence electrons. The van der Waals surface area contributed by atoms with E-state index in [-0.39, 0.29) is 6.04 Å². The van der Waals surface area contributed by atoms with E-state index in [1.807, 2.05) is 0 Å². The summed E-state index contributed by atoms with van der Waals surface area (Å²) >= 11 is 0. The zero-order valence-corrected chi connectivity index (χ0v) is 11.8. The molecule has 1 aliphatic carbocycles. The van der Waals surface area contributed by atoms with Crippen LogP contribution in [0.5, 0.6) is 0 Å². The lowest BCUT2D eigenvalue weighted by Crippen LogP contribution is -2.61. The molecule has 1 unspecified atom stereocenters. The number of likely N-dealkylation sites (tertiary alicyclic amines) is 1. The van der Waals surface area contributed by atoms with Gasteiger partial charge >= 0.3 is 5.97 Å². The number of carboxylic acid groups (broad SMARTS) is 1. The third kappa shape index (κ3) is 3.05. The first-order valence-electron chi connectivity index (χ1n) is 7.49. The standard InChI is InChI=1S/C15H27NO2/c1-12(2)9-13(14(17)18)16-10-15(11-16)7-5-3-4-6-8-15/h12-13H,3-11H2,1-2H3,(H,17,18). The molecule has 0 aromatic heterocycles. The van der Waals surface area contributed by atoms with E-state index in [9.17, 15) is 9.90 Å². The first kappa shape index (κ1) is 13.9. The Hall–Kier alpha value is -0.570. The molecule has 1 heterocycles. The van der Waals surface area contributed by atoms with Crippen molar-refractivity contribution >= 4 is 5.97 Å². The zero-order chi connectivity index (χ0) is 13.2. The summed E-state index contributed by atoms with van der Waals surface area (Å²) in [7, 11) is 0. The maximum atomic E-state index is 11.4. The van der Waals surface area contributed by atoms with Crippen molar-refractivity contribution in [2.24, 2.45) is 11.3 Å². The van der Waals surface area contributed by atoms with Crippen LogP contribution in [0.15, 0.2) is 0 Å². The lowest BCUT2D eigenvalue weighted by atomic mass is 9.72. The molecule has 0 radical (unpaired) electrons. The third-order valence-electron chi connectivity index (χ3n) is 4.66. The van der Waals surface area contributed by atoms with Crippen LogP contribution in [0.1, 0.15) is 58.8 Å². The molecule has 2 aliphatic rings. The van der Waals surface area contributed by atoms with Gasteiger partial charge in [0.25, 0.3) is 0 Å². The average molecular weight is 253 g/mol. The highest BCUT2D eigenvalue weighted by atomic mass is 16.4. The number of carboxylic acids is 1. The number of hydrogen-bond acceptors (Lipinski definition) is 2. The maximum absolute atomic E-state index is 11.4. The van der Waals surface area contributed by atoms with E-state index in [4.69, 9.17) is 0 Å². The fourth-order valence-corrected chi connectivity index (χ4v) is 3.68. The van der Waals surface area contributed by atoms with Crippen molar-refractivity contribution in [1.29, 1.82) is 0 Å². The van der Waals surface area contributed by atoms with Gasteiger partial charge in [0.1, 0.15) is 6.04 Å². The molecule has 1 N–H and O–H groups in total. The lowest BCUT2D eigenvalue weighted by Gasteiger charge is -2.52. The van der Waals surface area contributed by atoms with Gasteiger partial charge in [-0.3, -0.25) is 9.69 Å². The molecule has 0 aromatic carbocycles. The number of aliphatic carboxylic acids is 1. The Labute approximate surface area is 111 Å². The smallest absolute Gasteiger partial charge is 0.320 e. The molecule has 2 fully saturated rings. The van der Waals surface area contributed by atoms with Gasteiger partial charge in [-0.15, -0.1) is 0 Å². The Balaban J connectivity index is 1.90. The van der Waals surface area contributed by atoms with Gasteiger partial charge in [0.15, 0.2) is 0 Å². The summed E-state index contributed by atoms with van der Waals surface area (Å²) in [6.45, 7) is 6.27. The van der Waals surface area contributed by atoms with Crippen LogP contribution in [-0.2, 0) is 4.79 Å². The highest BCUT2D eigenvalue weighted by Gasteiger charge is 2.46. The Bertz CT molecular complexity index is 285. The number of carbonyl (C=O) groups is 1. The van der Waals surface area contributed by atoms with E-state index < -0.39 is 5.97 Å². The molecular weight excluding hydrogens is 226 g/mol. The molecule has 1 saturated heterocycles. The normalized spacial score (nSPS) is 25.7. The molecule has 18 heavy (non-hydrogen) atoms. The first-order chi connectivity index (χ1) is 8.52. The third-order valence-corrected chi connectivity index (χ3v) is 4.66. The summed E-state index contributed by atoms with van der Waals surface area (Å²) in [6.07, 6.45) is 8.85. The Kier molecular flexibility index (Phi) is 4.31. The molecule has 0 aromatic rings. The molecule has 0 amide bonds. The number of hydrogen-bond donors (Lipinski definition) is 1. The van der Waals surface area contributed by atoms with Gasteiger partial charge in [-0.25, -0.2) is 0 Å². The quantitative estimate of drug-likeness (QED) is 0.836. The van der Waals surface area contributed by atoms with Gasteiger partial charge in [0.2, 0.25) is 0 Å². The average Bonchev–Trinajstić information content (AvgIpc) is 2.48. The second-order valence-corrected chi connectivity index (χ2v) is 6.80. The highest BCUT2D eigenvalue weighted by molar-refractivity contribution is 5.73. The van der Waals surface area contributed by atoms with E-state index in [0.717, 1.165) is 19.5 Å². The maximum Gasteiger partial charge on any atom is 0.320 e. The molecular formula is C15H27NO2. The molecule has 0 bridgehead atoms. The van der Waals surface area contributed by atoms with Gasteiger partial charge in [-0.1, -0.05) is 39.5 Å². The van der Waals surface area contributed by atoms with E-state index in [1.165, 1.54) is 38.5 Å². The van der Waals surface area contributed by atoms with Crippen LogP contribution < -0.4 is 0 Å². The van der Waals surface area contributed by atoms with Gasteiger partial charge < -0.3 is 5.11 Å². The fraction of sp³-hybridized carbons (Fsp3) is 0.933. The van der Waals surface area contributed by atoms with E-state index >= 15 is 0 Å². The summed E-state index contributed by atoms with van der Waals surface area (Å²) in [5, 5.41) is 9.36. The summed E-state index contributed by atoms with van der Waals surface area (Å²) < 4.78 is 0. The molecule has 1 spiro atoms. The van der Waals surface area contributed by atoms with Crippen molar-refractivity contribution in [3.63, 3.8) is 0 Å². The second-order valence-electron chi connectivity index (χ2n) is 6.80. The van der Waals surface area contributed by atoms with Crippen LogP contribution >= 0.6 is 0 Å². The summed E-state index contributed by atoms with van der Waals surface area (Å²) in [4.78, 5) is 13.6. The van der Waals surface area contributed by atoms with Crippen molar-refractivity contribution < 1.29 is 9.90 Å². The van der Waals surface area contributed by atoms with Crippen LogP contribution in [-0.4, -0.2) is 35.1 Å². The van der Waals surface area contributed by atoms with Crippen LogP contribution in [0.25, 0.3) is 0 Å². The minimum Gasteiger partial charge on any atom is -0.480 e. The van der Waals surface area contributed by atoms with Gasteiger partial charge in [0.05, 0.1) is 0 Å². The monoisotopic (exact) mass is 253 g/mol. The minimum absolute atomic E-state index is 0.251. The highest BCUT2D eigenvalue weighted by Crippen LogP contribution is 2.44. The molecule has 3 nitrogen and oxygen atoms in total. The molecule has 1 aliphatic heterocycles. The van der Waals surface area contributed by atoms with Crippen molar-refractivity contribution in [2.45, 2.75) is 64.8 Å². The van der Waals surface area contributed by atoms with Crippen molar-refractivity contribution in [3.05, 3.63) is 0 Å². The zero-order valence-electron chi connectivity index (χ0n) is 11.8.